The maximum atomic E-state index is 14.4. The van der Waals surface area contributed by atoms with E-state index in [0.29, 0.717) is 29.7 Å². The van der Waals surface area contributed by atoms with E-state index in [4.69, 9.17) is 23.2 Å². The Morgan fingerprint density at radius 1 is 1.04 bits per heavy atom. The molecular formula is C36H30Cl2FN9O3. The summed E-state index contributed by atoms with van der Waals surface area (Å²) < 4.78 is 17.6. The minimum atomic E-state index is -1.42. The van der Waals surface area contributed by atoms with Gasteiger partial charge in [-0.2, -0.15) is 10.4 Å². The second kappa shape index (κ2) is 12.6. The number of hydrogen-bond acceptors (Lipinski definition) is 7. The largest absolute Gasteiger partial charge is 0.346 e. The van der Waals surface area contributed by atoms with Crippen molar-refractivity contribution in [2.75, 3.05) is 4.90 Å². The van der Waals surface area contributed by atoms with Gasteiger partial charge in [0.25, 0.3) is 11.8 Å². The summed E-state index contributed by atoms with van der Waals surface area (Å²) in [5, 5.41) is 18.8. The first kappa shape index (κ1) is 33.9. The number of fused-ring (bicyclic) bond motifs is 1. The summed E-state index contributed by atoms with van der Waals surface area (Å²) >= 11 is 12.2. The number of aryl methyl sites for hydroxylation is 1. The van der Waals surface area contributed by atoms with Crippen molar-refractivity contribution in [1.82, 2.24) is 34.9 Å². The molecule has 0 spiro atoms. The van der Waals surface area contributed by atoms with Gasteiger partial charge in [-0.25, -0.2) is 14.3 Å². The number of aromatic nitrogens is 5. The molecule has 0 radical (unpaired) electrons. The van der Waals surface area contributed by atoms with Gasteiger partial charge in [0.1, 0.15) is 16.8 Å². The first-order valence-corrected chi connectivity index (χ1v) is 16.7. The van der Waals surface area contributed by atoms with Crippen molar-refractivity contribution in [3.63, 3.8) is 0 Å². The number of anilines is 2. The van der Waals surface area contributed by atoms with E-state index in [9.17, 15) is 24.0 Å². The lowest BCUT2D eigenvalue weighted by atomic mass is 9.91. The molecular weight excluding hydrogens is 696 g/mol. The molecule has 2 aromatic carbocycles. The topological polar surface area (TPSA) is 151 Å². The maximum absolute atomic E-state index is 14.4. The Labute approximate surface area is 301 Å². The van der Waals surface area contributed by atoms with Crippen molar-refractivity contribution in [2.45, 2.75) is 50.2 Å². The fraction of sp³-hybridized carbons (Fsp3) is 0.250. The van der Waals surface area contributed by atoms with Gasteiger partial charge in [-0.05, 0) is 62.6 Å². The molecule has 2 N–H and O–H groups in total. The number of nitrogens with one attached hydrogen (secondary N) is 2. The Bertz CT molecular complexity index is 2240. The highest BCUT2D eigenvalue weighted by Crippen LogP contribution is 2.45. The summed E-state index contributed by atoms with van der Waals surface area (Å²) in [4.78, 5) is 52.2. The van der Waals surface area contributed by atoms with Crippen molar-refractivity contribution < 1.29 is 18.8 Å². The van der Waals surface area contributed by atoms with E-state index in [1.54, 1.807) is 48.3 Å². The summed E-state index contributed by atoms with van der Waals surface area (Å²) in [5.41, 5.74) is 1.22. The van der Waals surface area contributed by atoms with Crippen molar-refractivity contribution in [3.8, 4) is 17.2 Å². The lowest BCUT2D eigenvalue weighted by molar-refractivity contribution is -0.125. The highest BCUT2D eigenvalue weighted by atomic mass is 35.5. The van der Waals surface area contributed by atoms with Crippen LogP contribution in [0.4, 0.5) is 16.0 Å². The third-order valence-electron chi connectivity index (χ3n) is 9.34. The van der Waals surface area contributed by atoms with Crippen LogP contribution in [-0.2, 0) is 28.6 Å². The number of amides is 3. The molecule has 15 heteroatoms. The Kier molecular flexibility index (Phi) is 8.40. The van der Waals surface area contributed by atoms with Gasteiger partial charge in [-0.15, -0.1) is 0 Å². The molecule has 51 heavy (non-hydrogen) atoms. The smallest absolute Gasteiger partial charge is 0.270 e. The number of hydrogen-bond donors (Lipinski definition) is 2. The number of halogens is 3. The van der Waals surface area contributed by atoms with E-state index in [-0.39, 0.29) is 39.7 Å². The number of nitrogens with zero attached hydrogens (tertiary/aromatic N) is 7. The minimum Gasteiger partial charge on any atom is -0.346 e. The number of benzene rings is 2. The molecule has 2 aliphatic rings. The molecule has 1 aliphatic heterocycles. The van der Waals surface area contributed by atoms with Crippen molar-refractivity contribution >= 4 is 52.6 Å². The summed E-state index contributed by atoms with van der Waals surface area (Å²) in [5.74, 6) is -2.20. The zero-order valence-electron chi connectivity index (χ0n) is 27.6. The van der Waals surface area contributed by atoms with E-state index in [0.717, 1.165) is 11.1 Å². The van der Waals surface area contributed by atoms with Gasteiger partial charge in [-0.1, -0.05) is 41.4 Å². The maximum Gasteiger partial charge on any atom is 0.270 e. The Balaban J connectivity index is 1.16. The SMILES string of the molecule is C[C@H](NC(=O)C1(NC(=O)c2cnc3n2[C@](C)(Cc2ccc(C#N)cc2)C(=O)N3c2cc(Cl)c(F)c(Cl)c2)CC1)c1ccc(-c2cnn(C)c2)cn1. The van der Waals surface area contributed by atoms with Crippen LogP contribution < -0.4 is 15.5 Å². The van der Waals surface area contributed by atoms with Gasteiger partial charge >= 0.3 is 0 Å². The average molecular weight is 727 g/mol. The lowest BCUT2D eigenvalue weighted by Crippen LogP contribution is -2.50. The van der Waals surface area contributed by atoms with Gasteiger partial charge in [-0.3, -0.25) is 28.6 Å². The molecule has 258 valence electrons. The minimum absolute atomic E-state index is 0.0380. The zero-order valence-corrected chi connectivity index (χ0v) is 29.1. The molecule has 0 bridgehead atoms. The van der Waals surface area contributed by atoms with Crippen LogP contribution in [0.5, 0.6) is 0 Å². The van der Waals surface area contributed by atoms with Crippen LogP contribution in [0.3, 0.4) is 0 Å². The number of carbonyl (C=O) groups excluding carboxylic acids is 3. The predicted molar refractivity (Wildman–Crippen MR) is 187 cm³/mol. The van der Waals surface area contributed by atoms with Gasteiger partial charge < -0.3 is 10.6 Å². The van der Waals surface area contributed by atoms with E-state index in [1.807, 2.05) is 32.3 Å². The number of pyridine rings is 1. The quantitative estimate of drug-likeness (QED) is 0.183. The molecule has 0 unspecified atom stereocenters. The van der Waals surface area contributed by atoms with Crippen LogP contribution in [0.25, 0.3) is 11.1 Å². The van der Waals surface area contributed by atoms with E-state index < -0.39 is 34.8 Å². The van der Waals surface area contributed by atoms with Gasteiger partial charge in [0.15, 0.2) is 5.82 Å². The predicted octanol–water partition coefficient (Wildman–Crippen LogP) is 5.77. The first-order chi connectivity index (χ1) is 24.3. The third-order valence-corrected chi connectivity index (χ3v) is 9.89. The standard InChI is InChI=1S/C36H30Cl2FN9O3/c1-20(28-9-8-23(16-41-28)24-17-43-46(3)19-24)44-32(50)36(10-11-36)45-31(49)29-18-42-34-47(25-12-26(37)30(39)27(38)13-25)33(51)35(2,48(29)34)14-21-4-6-22(15-40)7-5-21/h4-9,12-13,16-20H,10-11,14H2,1-3H3,(H,44,50)(H,45,49)/t20-,35+/m0/s1. The van der Waals surface area contributed by atoms with Gasteiger partial charge in [0, 0.05) is 37.0 Å². The van der Waals surface area contributed by atoms with Crippen LogP contribution in [-0.4, -0.2) is 47.6 Å². The molecule has 5 aromatic rings. The number of carbonyl (C=O) groups is 3. The van der Waals surface area contributed by atoms with Crippen molar-refractivity contribution in [2.24, 2.45) is 7.05 Å². The molecule has 2 atom stereocenters. The van der Waals surface area contributed by atoms with Crippen molar-refractivity contribution in [3.05, 3.63) is 112 Å². The summed E-state index contributed by atoms with van der Waals surface area (Å²) in [6, 6.07) is 14.6. The highest BCUT2D eigenvalue weighted by molar-refractivity contribution is 6.35. The second-order valence-electron chi connectivity index (χ2n) is 13.0. The van der Waals surface area contributed by atoms with Gasteiger partial charge in [0.2, 0.25) is 11.9 Å². The average Bonchev–Trinajstić information content (AvgIpc) is 3.45. The monoisotopic (exact) mass is 725 g/mol. The Morgan fingerprint density at radius 2 is 1.75 bits per heavy atom. The summed E-state index contributed by atoms with van der Waals surface area (Å²) in [6.07, 6.45) is 7.60. The first-order valence-electron chi connectivity index (χ1n) is 16.0. The van der Waals surface area contributed by atoms with Crippen LogP contribution in [0, 0.1) is 17.1 Å². The van der Waals surface area contributed by atoms with E-state index in [2.05, 4.69) is 31.8 Å². The van der Waals surface area contributed by atoms with Crippen LogP contribution >= 0.6 is 23.2 Å². The Morgan fingerprint density at radius 3 is 2.33 bits per heavy atom. The number of nitriles is 1. The summed E-state index contributed by atoms with van der Waals surface area (Å²) in [7, 11) is 1.83. The molecule has 3 aromatic heterocycles. The molecule has 1 fully saturated rings. The molecule has 3 amide bonds. The number of rotatable bonds is 9. The Hall–Kier alpha value is -5.58. The molecule has 7 rings (SSSR count). The molecule has 1 saturated carbocycles. The molecule has 1 aliphatic carbocycles. The molecule has 0 saturated heterocycles. The molecule has 12 nitrogen and oxygen atoms in total. The fourth-order valence-corrected chi connectivity index (χ4v) is 6.83. The van der Waals surface area contributed by atoms with E-state index in [1.165, 1.54) is 27.8 Å². The normalized spacial score (nSPS) is 17.8. The molecule has 4 heterocycles. The van der Waals surface area contributed by atoms with E-state index >= 15 is 0 Å². The van der Waals surface area contributed by atoms with Crippen LogP contribution in [0.1, 0.15) is 60.0 Å². The third kappa shape index (κ3) is 6.00. The highest BCUT2D eigenvalue weighted by Gasteiger charge is 2.54. The van der Waals surface area contributed by atoms with Crippen molar-refractivity contribution in [1.29, 1.82) is 5.26 Å². The number of imidazole rings is 1. The van der Waals surface area contributed by atoms with Crippen LogP contribution in [0.15, 0.2) is 73.3 Å². The second-order valence-corrected chi connectivity index (χ2v) is 13.8. The van der Waals surface area contributed by atoms with Crippen LogP contribution in [0.2, 0.25) is 10.0 Å². The lowest BCUT2D eigenvalue weighted by Gasteiger charge is -2.27. The fourth-order valence-electron chi connectivity index (χ4n) is 6.35. The summed E-state index contributed by atoms with van der Waals surface area (Å²) in [6.45, 7) is 3.48. The van der Waals surface area contributed by atoms with Gasteiger partial charge in [0.05, 0.1) is 51.5 Å². The zero-order chi connectivity index (χ0) is 36.2.